The van der Waals surface area contributed by atoms with Gasteiger partial charge in [-0.25, -0.2) is 0 Å². The number of hydrogen-bond acceptors (Lipinski definition) is 3. The van der Waals surface area contributed by atoms with E-state index in [0.29, 0.717) is 16.9 Å². The van der Waals surface area contributed by atoms with E-state index in [-0.39, 0.29) is 6.42 Å². The van der Waals surface area contributed by atoms with E-state index < -0.39 is 17.8 Å². The third-order valence-corrected chi connectivity index (χ3v) is 3.11. The van der Waals surface area contributed by atoms with Gasteiger partial charge in [-0.3, -0.25) is 4.98 Å². The first-order chi connectivity index (χ1) is 9.91. The van der Waals surface area contributed by atoms with Gasteiger partial charge in [0.05, 0.1) is 25.0 Å². The molecule has 0 fully saturated rings. The molecule has 0 aliphatic heterocycles. The number of aliphatic hydroxyl groups excluding tert-OH is 1. The molecule has 0 spiro atoms. The Morgan fingerprint density at radius 1 is 1.19 bits per heavy atom. The Bertz CT molecular complexity index is 597. The summed E-state index contributed by atoms with van der Waals surface area (Å²) in [6, 6.07) is 6.35. The molecule has 112 valence electrons. The minimum atomic E-state index is -4.36. The molecule has 0 amide bonds. The predicted octanol–water partition coefficient (Wildman–Crippen LogP) is 3.39. The normalized spacial score (nSPS) is 13.0. The summed E-state index contributed by atoms with van der Waals surface area (Å²) in [5.74, 6) is 0.442. The van der Waals surface area contributed by atoms with Gasteiger partial charge in [0.15, 0.2) is 0 Å². The molecule has 1 unspecified atom stereocenters. The summed E-state index contributed by atoms with van der Waals surface area (Å²) in [6.45, 7) is 0. The van der Waals surface area contributed by atoms with Gasteiger partial charge in [0, 0.05) is 18.2 Å². The maximum absolute atomic E-state index is 12.5. The molecular weight excluding hydrogens is 283 g/mol. The van der Waals surface area contributed by atoms with Gasteiger partial charge in [0.2, 0.25) is 0 Å². The summed E-state index contributed by atoms with van der Waals surface area (Å²) in [5.41, 5.74) is 0.448. The molecule has 0 saturated heterocycles. The van der Waals surface area contributed by atoms with Crippen molar-refractivity contribution in [2.75, 3.05) is 7.11 Å². The first-order valence-corrected chi connectivity index (χ1v) is 6.24. The van der Waals surface area contributed by atoms with Crippen molar-refractivity contribution in [2.45, 2.75) is 18.7 Å². The minimum Gasteiger partial charge on any atom is -0.495 e. The van der Waals surface area contributed by atoms with E-state index in [1.54, 1.807) is 6.07 Å². The van der Waals surface area contributed by atoms with Crippen molar-refractivity contribution in [2.24, 2.45) is 0 Å². The molecule has 2 rings (SSSR count). The van der Waals surface area contributed by atoms with E-state index in [0.717, 1.165) is 12.1 Å². The van der Waals surface area contributed by atoms with E-state index in [4.69, 9.17) is 4.74 Å². The van der Waals surface area contributed by atoms with Crippen molar-refractivity contribution in [1.29, 1.82) is 0 Å². The first-order valence-electron chi connectivity index (χ1n) is 6.24. The standard InChI is InChI=1S/C15H14F3NO2/c1-21-14-9-19-7-6-12(14)13(20)8-10-2-4-11(5-3-10)15(16,17)18/h2-7,9,13,20H,8H2,1H3. The Hall–Kier alpha value is -2.08. The molecule has 0 aliphatic carbocycles. The fraction of sp³-hybridized carbons (Fsp3) is 0.267. The lowest BCUT2D eigenvalue weighted by Gasteiger charge is -2.14. The number of ether oxygens (including phenoxy) is 1. The van der Waals surface area contributed by atoms with Crippen LogP contribution < -0.4 is 4.74 Å². The highest BCUT2D eigenvalue weighted by atomic mass is 19.4. The maximum Gasteiger partial charge on any atom is 0.416 e. The van der Waals surface area contributed by atoms with Crippen LogP contribution in [-0.4, -0.2) is 17.2 Å². The number of aliphatic hydroxyl groups is 1. The van der Waals surface area contributed by atoms with Crippen molar-refractivity contribution >= 4 is 0 Å². The molecule has 21 heavy (non-hydrogen) atoms. The summed E-state index contributed by atoms with van der Waals surface area (Å²) in [4.78, 5) is 3.88. The van der Waals surface area contributed by atoms with Crippen LogP contribution in [0.15, 0.2) is 42.7 Å². The second-order valence-corrected chi connectivity index (χ2v) is 4.53. The van der Waals surface area contributed by atoms with Crippen LogP contribution in [0.4, 0.5) is 13.2 Å². The molecular formula is C15H14F3NO2. The van der Waals surface area contributed by atoms with Gasteiger partial charge in [-0.05, 0) is 23.8 Å². The monoisotopic (exact) mass is 297 g/mol. The lowest BCUT2D eigenvalue weighted by molar-refractivity contribution is -0.137. The van der Waals surface area contributed by atoms with Crippen LogP contribution in [0.25, 0.3) is 0 Å². The van der Waals surface area contributed by atoms with Crippen molar-refractivity contribution in [3.63, 3.8) is 0 Å². The molecule has 1 atom stereocenters. The SMILES string of the molecule is COc1cnccc1C(O)Cc1ccc(C(F)(F)F)cc1. The summed E-state index contributed by atoms with van der Waals surface area (Å²) >= 11 is 0. The van der Waals surface area contributed by atoms with Crippen LogP contribution in [-0.2, 0) is 12.6 Å². The molecule has 0 saturated carbocycles. The predicted molar refractivity (Wildman–Crippen MR) is 70.9 cm³/mol. The molecule has 1 aromatic carbocycles. The van der Waals surface area contributed by atoms with Gasteiger partial charge >= 0.3 is 6.18 Å². The second kappa shape index (κ2) is 6.13. The van der Waals surface area contributed by atoms with E-state index in [9.17, 15) is 18.3 Å². The number of benzene rings is 1. The number of halogens is 3. The van der Waals surface area contributed by atoms with Crippen LogP contribution in [0.5, 0.6) is 5.75 Å². The maximum atomic E-state index is 12.5. The average Bonchev–Trinajstić information content (AvgIpc) is 2.46. The Kier molecular flexibility index (Phi) is 4.47. The molecule has 1 aromatic heterocycles. The third kappa shape index (κ3) is 3.72. The quantitative estimate of drug-likeness (QED) is 0.940. The zero-order valence-corrected chi connectivity index (χ0v) is 11.3. The highest BCUT2D eigenvalue weighted by Crippen LogP contribution is 2.30. The number of alkyl halides is 3. The van der Waals surface area contributed by atoms with Crippen LogP contribution in [0, 0.1) is 0 Å². The van der Waals surface area contributed by atoms with Crippen molar-refractivity contribution < 1.29 is 23.0 Å². The number of aromatic nitrogens is 1. The van der Waals surface area contributed by atoms with Gasteiger partial charge in [-0.1, -0.05) is 12.1 Å². The zero-order valence-electron chi connectivity index (χ0n) is 11.3. The zero-order chi connectivity index (χ0) is 15.5. The number of rotatable bonds is 4. The van der Waals surface area contributed by atoms with E-state index in [1.807, 2.05) is 0 Å². The molecule has 1 N–H and O–H groups in total. The van der Waals surface area contributed by atoms with Crippen LogP contribution in [0.1, 0.15) is 22.8 Å². The number of pyridine rings is 1. The number of methoxy groups -OCH3 is 1. The first kappa shape index (κ1) is 15.3. The van der Waals surface area contributed by atoms with Crippen LogP contribution in [0.2, 0.25) is 0 Å². The Labute approximate surface area is 120 Å². The van der Waals surface area contributed by atoms with Crippen LogP contribution >= 0.6 is 0 Å². The molecule has 2 aromatic rings. The van der Waals surface area contributed by atoms with Crippen molar-refractivity contribution in [3.8, 4) is 5.75 Å². The molecule has 3 nitrogen and oxygen atoms in total. The highest BCUT2D eigenvalue weighted by Gasteiger charge is 2.30. The smallest absolute Gasteiger partial charge is 0.416 e. The molecule has 1 heterocycles. The van der Waals surface area contributed by atoms with Crippen LogP contribution in [0.3, 0.4) is 0 Å². The van der Waals surface area contributed by atoms with E-state index >= 15 is 0 Å². The van der Waals surface area contributed by atoms with E-state index in [2.05, 4.69) is 4.98 Å². The minimum absolute atomic E-state index is 0.193. The Morgan fingerprint density at radius 3 is 2.43 bits per heavy atom. The fourth-order valence-corrected chi connectivity index (χ4v) is 2.00. The summed E-state index contributed by atoms with van der Waals surface area (Å²) in [7, 11) is 1.46. The van der Waals surface area contributed by atoms with Gasteiger partial charge in [-0.15, -0.1) is 0 Å². The Morgan fingerprint density at radius 2 is 1.86 bits per heavy atom. The lowest BCUT2D eigenvalue weighted by atomic mass is 10.0. The average molecular weight is 297 g/mol. The second-order valence-electron chi connectivity index (χ2n) is 4.53. The van der Waals surface area contributed by atoms with Crippen molar-refractivity contribution in [3.05, 3.63) is 59.4 Å². The highest BCUT2D eigenvalue weighted by molar-refractivity contribution is 5.33. The fourth-order valence-electron chi connectivity index (χ4n) is 2.00. The summed E-state index contributed by atoms with van der Waals surface area (Å²) in [6.07, 6.45) is -2.04. The Balaban J connectivity index is 2.14. The lowest BCUT2D eigenvalue weighted by Crippen LogP contribution is -2.07. The molecule has 6 heteroatoms. The largest absolute Gasteiger partial charge is 0.495 e. The van der Waals surface area contributed by atoms with Gasteiger partial charge in [-0.2, -0.15) is 13.2 Å². The van der Waals surface area contributed by atoms with Gasteiger partial charge in [0.1, 0.15) is 5.75 Å². The third-order valence-electron chi connectivity index (χ3n) is 3.11. The number of nitrogens with zero attached hydrogens (tertiary/aromatic N) is 1. The van der Waals surface area contributed by atoms with Crippen molar-refractivity contribution in [1.82, 2.24) is 4.98 Å². The molecule has 0 aliphatic rings. The topological polar surface area (TPSA) is 42.4 Å². The van der Waals surface area contributed by atoms with E-state index in [1.165, 1.54) is 31.6 Å². The molecule has 0 radical (unpaired) electrons. The number of hydrogen-bond donors (Lipinski definition) is 1. The van der Waals surface area contributed by atoms with Gasteiger partial charge in [0.25, 0.3) is 0 Å². The summed E-state index contributed by atoms with van der Waals surface area (Å²) < 4.78 is 42.5. The summed E-state index contributed by atoms with van der Waals surface area (Å²) in [5, 5.41) is 10.2. The van der Waals surface area contributed by atoms with Gasteiger partial charge < -0.3 is 9.84 Å². The molecule has 0 bridgehead atoms.